The Morgan fingerprint density at radius 2 is 1.41 bits per heavy atom. The molecule has 1 amide bonds. The van der Waals surface area contributed by atoms with Crippen molar-refractivity contribution in [2.24, 2.45) is 0 Å². The van der Waals surface area contributed by atoms with Crippen molar-refractivity contribution in [2.75, 3.05) is 59.5 Å². The van der Waals surface area contributed by atoms with Crippen LogP contribution in [-0.2, 0) is 4.79 Å². The number of Topliss-reactive ketones (excluding diaryl/α,β-unsaturated/α-hetero) is 1. The van der Waals surface area contributed by atoms with Crippen LogP contribution in [0.3, 0.4) is 0 Å². The molecule has 0 bridgehead atoms. The summed E-state index contributed by atoms with van der Waals surface area (Å²) in [5.74, 6) is 1.23. The van der Waals surface area contributed by atoms with Crippen LogP contribution in [0, 0.1) is 13.8 Å². The van der Waals surface area contributed by atoms with Gasteiger partial charge in [0.2, 0.25) is 5.91 Å². The highest BCUT2D eigenvalue weighted by Crippen LogP contribution is 2.23. The maximum absolute atomic E-state index is 13.2. The van der Waals surface area contributed by atoms with Gasteiger partial charge in [0.25, 0.3) is 0 Å². The highest BCUT2D eigenvalue weighted by Gasteiger charge is 2.25. The molecule has 0 radical (unpaired) electrons. The molecule has 4 rings (SSSR count). The molecule has 0 atom stereocenters. The number of carbonyl (C=O) groups excluding carboxylic acids is 2. The van der Waals surface area contributed by atoms with Crippen LogP contribution in [-0.4, -0.2) is 90.4 Å². The van der Waals surface area contributed by atoms with Crippen LogP contribution in [0.2, 0.25) is 0 Å². The number of rotatable bonds is 7. The first-order chi connectivity index (χ1) is 16.5. The molecule has 7 nitrogen and oxygen atoms in total. The van der Waals surface area contributed by atoms with Gasteiger partial charge in [-0.25, -0.2) is 0 Å². The number of amides is 1. The Balaban J connectivity index is 1.31. The average Bonchev–Trinajstić information content (AvgIpc) is 3.00. The maximum Gasteiger partial charge on any atom is 0.236 e. The van der Waals surface area contributed by atoms with E-state index in [1.807, 2.05) is 49.1 Å². The van der Waals surface area contributed by atoms with Gasteiger partial charge in [-0.1, -0.05) is 12.8 Å². The highest BCUT2D eigenvalue weighted by molar-refractivity contribution is 5.99. The van der Waals surface area contributed by atoms with Gasteiger partial charge in [0.05, 0.1) is 20.2 Å². The molecule has 2 aliphatic rings. The number of ether oxygens (including phenoxy) is 1. The van der Waals surface area contributed by atoms with Crippen LogP contribution in [0.5, 0.6) is 5.75 Å². The molecule has 0 saturated carbocycles. The minimum atomic E-state index is 0.155. The van der Waals surface area contributed by atoms with Gasteiger partial charge in [-0.2, -0.15) is 0 Å². The summed E-state index contributed by atoms with van der Waals surface area (Å²) < 4.78 is 7.39. The van der Waals surface area contributed by atoms with Crippen LogP contribution < -0.4 is 4.74 Å². The van der Waals surface area contributed by atoms with Crippen molar-refractivity contribution in [3.05, 3.63) is 47.3 Å². The van der Waals surface area contributed by atoms with Crippen molar-refractivity contribution in [1.82, 2.24) is 19.3 Å². The third-order valence-corrected chi connectivity index (χ3v) is 7.21. The van der Waals surface area contributed by atoms with Gasteiger partial charge in [-0.05, 0) is 57.0 Å². The minimum Gasteiger partial charge on any atom is -0.497 e. The summed E-state index contributed by atoms with van der Waals surface area (Å²) in [6, 6.07) is 9.90. The number of nitrogens with zero attached hydrogens (tertiary/aromatic N) is 4. The molecule has 1 aromatic carbocycles. The van der Waals surface area contributed by atoms with E-state index >= 15 is 0 Å². The van der Waals surface area contributed by atoms with E-state index in [-0.39, 0.29) is 11.7 Å². The van der Waals surface area contributed by atoms with Crippen molar-refractivity contribution >= 4 is 11.7 Å². The number of methoxy groups -OCH3 is 1. The van der Waals surface area contributed by atoms with Crippen molar-refractivity contribution in [3.63, 3.8) is 0 Å². The number of aromatic nitrogens is 1. The Kier molecular flexibility index (Phi) is 8.06. The quantitative estimate of drug-likeness (QED) is 0.586. The molecule has 2 fully saturated rings. The Morgan fingerprint density at radius 3 is 2.00 bits per heavy atom. The monoisotopic (exact) mass is 466 g/mol. The number of hydrogen-bond acceptors (Lipinski definition) is 5. The fraction of sp³-hybridized carbons (Fsp3) is 0.556. The van der Waals surface area contributed by atoms with Gasteiger partial charge >= 0.3 is 0 Å². The molecule has 34 heavy (non-hydrogen) atoms. The lowest BCUT2D eigenvalue weighted by Gasteiger charge is -2.35. The number of piperazine rings is 1. The summed E-state index contributed by atoms with van der Waals surface area (Å²) >= 11 is 0. The molecule has 0 spiro atoms. The van der Waals surface area contributed by atoms with Crippen molar-refractivity contribution in [3.8, 4) is 11.4 Å². The van der Waals surface area contributed by atoms with Crippen molar-refractivity contribution in [1.29, 1.82) is 0 Å². The predicted octanol–water partition coefficient (Wildman–Crippen LogP) is 3.31. The summed E-state index contributed by atoms with van der Waals surface area (Å²) in [6.07, 6.45) is 4.72. The van der Waals surface area contributed by atoms with Gasteiger partial charge in [0.15, 0.2) is 5.78 Å². The summed E-state index contributed by atoms with van der Waals surface area (Å²) in [6.45, 7) is 10.1. The molecular weight excluding hydrogens is 428 g/mol. The summed E-state index contributed by atoms with van der Waals surface area (Å²) in [4.78, 5) is 32.4. The van der Waals surface area contributed by atoms with E-state index in [0.717, 1.165) is 80.5 Å². The van der Waals surface area contributed by atoms with Gasteiger partial charge in [-0.3, -0.25) is 19.4 Å². The molecular formula is C27H38N4O3. The molecule has 2 aromatic rings. The van der Waals surface area contributed by atoms with Crippen LogP contribution in [0.15, 0.2) is 30.3 Å². The van der Waals surface area contributed by atoms with E-state index in [1.165, 1.54) is 12.8 Å². The molecule has 3 heterocycles. The SMILES string of the molecule is COc1ccc(-n2c(C)cc(C(=O)CN3CCN(CC(=O)N4CCCCCC4)CC3)c2C)cc1. The lowest BCUT2D eigenvalue weighted by atomic mass is 10.1. The highest BCUT2D eigenvalue weighted by atomic mass is 16.5. The van der Waals surface area contributed by atoms with Gasteiger partial charge in [-0.15, -0.1) is 0 Å². The second-order valence-corrected chi connectivity index (χ2v) is 9.59. The van der Waals surface area contributed by atoms with E-state index in [9.17, 15) is 9.59 Å². The largest absolute Gasteiger partial charge is 0.497 e. The molecule has 1 aromatic heterocycles. The number of carbonyl (C=O) groups is 2. The number of aryl methyl sites for hydroxylation is 1. The topological polar surface area (TPSA) is 58.0 Å². The molecule has 2 aliphatic heterocycles. The maximum atomic E-state index is 13.2. The Labute approximate surface area is 203 Å². The minimum absolute atomic E-state index is 0.155. The summed E-state index contributed by atoms with van der Waals surface area (Å²) in [5, 5.41) is 0. The number of benzene rings is 1. The molecule has 0 unspecified atom stereocenters. The standard InChI is InChI=1S/C27H38N4O3/c1-21-18-25(22(2)31(21)23-8-10-24(34-3)11-9-23)26(32)19-28-14-16-29(17-15-28)20-27(33)30-12-6-4-5-7-13-30/h8-11,18H,4-7,12-17,19-20H2,1-3H3. The second-order valence-electron chi connectivity index (χ2n) is 9.59. The number of ketones is 1. The van der Waals surface area contributed by atoms with Crippen LogP contribution in [0.4, 0.5) is 0 Å². The second kappa shape index (κ2) is 11.2. The van der Waals surface area contributed by atoms with Crippen LogP contribution in [0.25, 0.3) is 5.69 Å². The van der Waals surface area contributed by atoms with Crippen LogP contribution in [0.1, 0.15) is 47.4 Å². The zero-order valence-corrected chi connectivity index (χ0v) is 20.9. The third-order valence-electron chi connectivity index (χ3n) is 7.21. The van der Waals surface area contributed by atoms with Gasteiger partial charge in [0, 0.05) is 61.9 Å². The molecule has 7 heteroatoms. The van der Waals surface area contributed by atoms with Crippen molar-refractivity contribution in [2.45, 2.75) is 39.5 Å². The lowest BCUT2D eigenvalue weighted by molar-refractivity contribution is -0.132. The number of likely N-dealkylation sites (tertiary alicyclic amines) is 1. The average molecular weight is 467 g/mol. The fourth-order valence-electron chi connectivity index (χ4n) is 5.18. The fourth-order valence-corrected chi connectivity index (χ4v) is 5.18. The normalized spacial score (nSPS) is 18.0. The lowest BCUT2D eigenvalue weighted by Crippen LogP contribution is -2.51. The molecule has 2 saturated heterocycles. The van der Waals surface area contributed by atoms with Gasteiger partial charge in [0.1, 0.15) is 5.75 Å². The van der Waals surface area contributed by atoms with E-state index in [0.29, 0.717) is 13.1 Å². The predicted molar refractivity (Wildman–Crippen MR) is 134 cm³/mol. The summed E-state index contributed by atoms with van der Waals surface area (Å²) in [7, 11) is 1.66. The number of hydrogen-bond donors (Lipinski definition) is 0. The molecule has 0 N–H and O–H groups in total. The van der Waals surface area contributed by atoms with E-state index in [1.54, 1.807) is 7.11 Å². The summed E-state index contributed by atoms with van der Waals surface area (Å²) in [5.41, 5.74) is 3.82. The Bertz CT molecular complexity index is 982. The Hall–Kier alpha value is -2.64. The molecule has 0 aliphatic carbocycles. The zero-order valence-electron chi connectivity index (χ0n) is 20.9. The van der Waals surface area contributed by atoms with E-state index in [4.69, 9.17) is 4.74 Å². The van der Waals surface area contributed by atoms with Gasteiger partial charge < -0.3 is 14.2 Å². The van der Waals surface area contributed by atoms with Crippen molar-refractivity contribution < 1.29 is 14.3 Å². The zero-order chi connectivity index (χ0) is 24.1. The third kappa shape index (κ3) is 5.70. The van der Waals surface area contributed by atoms with E-state index < -0.39 is 0 Å². The molecule has 184 valence electrons. The van der Waals surface area contributed by atoms with Crippen LogP contribution >= 0.6 is 0 Å². The first-order valence-corrected chi connectivity index (χ1v) is 12.6. The first kappa shape index (κ1) is 24.5. The van der Waals surface area contributed by atoms with E-state index in [2.05, 4.69) is 14.4 Å². The first-order valence-electron chi connectivity index (χ1n) is 12.6. The Morgan fingerprint density at radius 1 is 0.824 bits per heavy atom. The smallest absolute Gasteiger partial charge is 0.236 e.